The third kappa shape index (κ3) is 5.75. The Morgan fingerprint density at radius 2 is 1.67 bits per heavy atom. The van der Waals surface area contributed by atoms with Crippen LogP contribution in [0.15, 0.2) is 65.5 Å². The van der Waals surface area contributed by atoms with Crippen LogP contribution in [-0.4, -0.2) is 25.1 Å². The first-order valence-corrected chi connectivity index (χ1v) is 14.3. The Labute approximate surface area is 222 Å². The molecule has 11 heteroatoms. The number of amides is 1. The zero-order valence-electron chi connectivity index (χ0n) is 19.7. The molecule has 1 N–H and O–H groups in total. The minimum atomic E-state index is -3.63. The highest BCUT2D eigenvalue weighted by atomic mass is 35.5. The highest BCUT2D eigenvalue weighted by molar-refractivity contribution is 7.92. The van der Waals surface area contributed by atoms with Crippen LogP contribution in [0.25, 0.3) is 10.2 Å². The topological polar surface area (TPSA) is 88.5 Å². The fourth-order valence-electron chi connectivity index (χ4n) is 3.82. The van der Waals surface area contributed by atoms with E-state index in [1.54, 1.807) is 41.0 Å². The Kier molecular flexibility index (Phi) is 7.47. The van der Waals surface area contributed by atoms with E-state index in [9.17, 15) is 18.0 Å². The summed E-state index contributed by atoms with van der Waals surface area (Å²) >= 11 is 13.3. The minimum Gasteiger partial charge on any atom is -0.322 e. The van der Waals surface area contributed by atoms with Crippen molar-refractivity contribution < 1.29 is 13.2 Å². The number of aromatic nitrogens is 1. The first kappa shape index (κ1) is 26.2. The third-order valence-corrected chi connectivity index (χ3v) is 7.96. The number of sulfonamides is 1. The Bertz CT molecular complexity index is 1590. The molecule has 0 saturated carbocycles. The number of fused-ring (bicyclic) bond motifs is 1. The summed E-state index contributed by atoms with van der Waals surface area (Å²) < 4.78 is 28.6. The van der Waals surface area contributed by atoms with E-state index in [1.807, 2.05) is 19.9 Å². The van der Waals surface area contributed by atoms with Gasteiger partial charge in [-0.1, -0.05) is 46.7 Å². The molecule has 1 aromatic heterocycles. The molecule has 188 valence electrons. The monoisotopic (exact) mass is 563 g/mol. The zero-order valence-corrected chi connectivity index (χ0v) is 22.8. The molecule has 0 saturated heterocycles. The molecule has 0 aliphatic heterocycles. The van der Waals surface area contributed by atoms with Gasteiger partial charge in [-0.2, -0.15) is 0 Å². The van der Waals surface area contributed by atoms with Crippen LogP contribution in [0.2, 0.25) is 10.0 Å². The fraction of sp³-hybridized carbons (Fsp3) is 0.200. The molecule has 1 amide bonds. The van der Waals surface area contributed by atoms with Crippen LogP contribution in [0.3, 0.4) is 0 Å². The lowest BCUT2D eigenvalue weighted by atomic mass is 10.1. The summed E-state index contributed by atoms with van der Waals surface area (Å²) in [5.41, 5.74) is 2.84. The average molecular weight is 565 g/mol. The molecular formula is C25H23Cl2N3O4S2. The molecule has 0 unspecified atom stereocenters. The molecule has 3 aromatic carbocycles. The van der Waals surface area contributed by atoms with Crippen molar-refractivity contribution in [3.05, 3.63) is 91.5 Å². The van der Waals surface area contributed by atoms with Crippen molar-refractivity contribution in [3.8, 4) is 0 Å². The molecule has 0 atom stereocenters. The van der Waals surface area contributed by atoms with Gasteiger partial charge in [0.25, 0.3) is 5.91 Å². The van der Waals surface area contributed by atoms with Crippen molar-refractivity contribution in [1.29, 1.82) is 0 Å². The van der Waals surface area contributed by atoms with E-state index in [1.165, 1.54) is 22.5 Å². The van der Waals surface area contributed by atoms with Crippen LogP contribution in [0, 0.1) is 0 Å². The summed E-state index contributed by atoms with van der Waals surface area (Å²) in [6, 6.07) is 16.6. The van der Waals surface area contributed by atoms with Crippen molar-refractivity contribution in [2.45, 2.75) is 26.4 Å². The van der Waals surface area contributed by atoms with E-state index < -0.39 is 10.0 Å². The summed E-state index contributed by atoms with van der Waals surface area (Å²) in [5.74, 6) is -0.321. The van der Waals surface area contributed by atoms with Gasteiger partial charge in [-0.25, -0.2) is 8.42 Å². The average Bonchev–Trinajstić information content (AvgIpc) is 3.11. The molecule has 0 aliphatic rings. The number of benzene rings is 3. The van der Waals surface area contributed by atoms with Crippen molar-refractivity contribution in [2.75, 3.05) is 15.9 Å². The molecule has 0 bridgehead atoms. The SMILES string of the molecule is CC(C)n1c(=O)sc2cc(NC(=O)c3ccc(CN(c4cc(Cl)cc(Cl)c4)S(C)(=O)=O)cc3)ccc21. The molecule has 4 aromatic rings. The van der Waals surface area contributed by atoms with Gasteiger partial charge in [0.15, 0.2) is 0 Å². The van der Waals surface area contributed by atoms with Crippen molar-refractivity contribution in [3.63, 3.8) is 0 Å². The summed E-state index contributed by atoms with van der Waals surface area (Å²) in [7, 11) is -3.63. The molecule has 0 radical (unpaired) electrons. The number of nitrogens with one attached hydrogen (secondary N) is 1. The van der Waals surface area contributed by atoms with Gasteiger partial charge < -0.3 is 5.32 Å². The number of thiazole rings is 1. The number of hydrogen-bond acceptors (Lipinski definition) is 5. The van der Waals surface area contributed by atoms with Gasteiger partial charge in [0, 0.05) is 27.3 Å². The summed E-state index contributed by atoms with van der Waals surface area (Å²) in [4.78, 5) is 25.0. The lowest BCUT2D eigenvalue weighted by Crippen LogP contribution is -2.29. The number of nitrogens with zero attached hydrogens (tertiary/aromatic N) is 2. The van der Waals surface area contributed by atoms with Crippen LogP contribution in [-0.2, 0) is 16.6 Å². The van der Waals surface area contributed by atoms with Crippen LogP contribution >= 0.6 is 34.5 Å². The number of hydrogen-bond donors (Lipinski definition) is 1. The molecular weight excluding hydrogens is 541 g/mol. The summed E-state index contributed by atoms with van der Waals surface area (Å²) in [5, 5.41) is 3.50. The van der Waals surface area contributed by atoms with E-state index >= 15 is 0 Å². The predicted octanol–water partition coefficient (Wildman–Crippen LogP) is 6.17. The van der Waals surface area contributed by atoms with Gasteiger partial charge in [0.05, 0.1) is 28.7 Å². The van der Waals surface area contributed by atoms with Gasteiger partial charge in [-0.15, -0.1) is 0 Å². The maximum absolute atomic E-state index is 12.8. The lowest BCUT2D eigenvalue weighted by molar-refractivity contribution is 0.102. The number of carbonyl (C=O) groups is 1. The van der Waals surface area contributed by atoms with E-state index in [0.29, 0.717) is 32.5 Å². The largest absolute Gasteiger partial charge is 0.322 e. The number of halogens is 2. The normalized spacial score (nSPS) is 11.7. The Balaban J connectivity index is 1.52. The number of carbonyl (C=O) groups excluding carboxylic acids is 1. The van der Waals surface area contributed by atoms with Gasteiger partial charge in [-0.3, -0.25) is 18.5 Å². The second-order valence-corrected chi connectivity index (χ2v) is 12.3. The van der Waals surface area contributed by atoms with Gasteiger partial charge in [0.1, 0.15) is 0 Å². The molecule has 0 aliphatic carbocycles. The highest BCUT2D eigenvalue weighted by Gasteiger charge is 2.19. The first-order valence-electron chi connectivity index (χ1n) is 10.9. The molecule has 0 fully saturated rings. The van der Waals surface area contributed by atoms with Gasteiger partial charge in [0.2, 0.25) is 10.0 Å². The number of rotatable bonds is 7. The van der Waals surface area contributed by atoms with Crippen LogP contribution in [0.1, 0.15) is 35.8 Å². The van der Waals surface area contributed by atoms with E-state index in [-0.39, 0.29) is 23.4 Å². The highest BCUT2D eigenvalue weighted by Crippen LogP contribution is 2.29. The smallest absolute Gasteiger partial charge is 0.308 e. The summed E-state index contributed by atoms with van der Waals surface area (Å²) in [6.45, 7) is 3.94. The van der Waals surface area contributed by atoms with Crippen molar-refractivity contribution in [2.24, 2.45) is 0 Å². The van der Waals surface area contributed by atoms with Gasteiger partial charge >= 0.3 is 4.87 Å². The standard InChI is InChI=1S/C25H23Cl2N3O4S2/c1-15(2)30-22-9-8-20(13-23(22)35-25(30)32)28-24(31)17-6-4-16(5-7-17)14-29(36(3,33)34)21-11-18(26)10-19(27)12-21/h4-13,15H,14H2,1-3H3,(H,28,31). The Hall–Kier alpha value is -2.85. The molecule has 7 nitrogen and oxygen atoms in total. The number of anilines is 2. The quantitative estimate of drug-likeness (QED) is 0.291. The lowest BCUT2D eigenvalue weighted by Gasteiger charge is -2.23. The fourth-order valence-corrected chi connectivity index (χ4v) is 6.26. The predicted molar refractivity (Wildman–Crippen MR) is 148 cm³/mol. The third-order valence-electron chi connectivity index (χ3n) is 5.47. The second-order valence-electron chi connectivity index (χ2n) is 8.56. The summed E-state index contributed by atoms with van der Waals surface area (Å²) in [6.07, 6.45) is 1.10. The molecule has 36 heavy (non-hydrogen) atoms. The van der Waals surface area contributed by atoms with Gasteiger partial charge in [-0.05, 0) is 67.9 Å². The zero-order chi connectivity index (χ0) is 26.2. The molecule has 0 spiro atoms. The Morgan fingerprint density at radius 1 is 1.03 bits per heavy atom. The maximum Gasteiger partial charge on any atom is 0.308 e. The first-order chi connectivity index (χ1) is 16.9. The minimum absolute atomic E-state index is 0.0396. The second kappa shape index (κ2) is 10.3. The van der Waals surface area contributed by atoms with E-state index in [2.05, 4.69) is 5.32 Å². The van der Waals surface area contributed by atoms with E-state index in [4.69, 9.17) is 23.2 Å². The van der Waals surface area contributed by atoms with Crippen LogP contribution < -0.4 is 14.5 Å². The Morgan fingerprint density at radius 3 is 2.25 bits per heavy atom. The maximum atomic E-state index is 12.8. The van der Waals surface area contributed by atoms with E-state index in [0.717, 1.165) is 27.8 Å². The molecule has 4 rings (SSSR count). The van der Waals surface area contributed by atoms with Crippen molar-refractivity contribution >= 4 is 72.1 Å². The molecule has 1 heterocycles. The van der Waals surface area contributed by atoms with Crippen LogP contribution in [0.5, 0.6) is 0 Å². The van der Waals surface area contributed by atoms with Crippen LogP contribution in [0.4, 0.5) is 11.4 Å². The van der Waals surface area contributed by atoms with Crippen molar-refractivity contribution in [1.82, 2.24) is 4.57 Å².